The van der Waals surface area contributed by atoms with E-state index in [1.165, 1.54) is 29.1 Å². The van der Waals surface area contributed by atoms with Gasteiger partial charge in [0.15, 0.2) is 5.82 Å². The normalized spacial score (nSPS) is 12.0. The average molecular weight is 343 g/mol. The summed E-state index contributed by atoms with van der Waals surface area (Å²) in [5, 5.41) is 10.2. The SMILES string of the molecule is CC(C(=O)Nc1cn(Cc2c(F)cccc2F)nn1)c1ccncc1. The van der Waals surface area contributed by atoms with Crippen LogP contribution in [0.15, 0.2) is 48.9 Å². The number of amides is 1. The Balaban J connectivity index is 1.69. The van der Waals surface area contributed by atoms with E-state index in [4.69, 9.17) is 0 Å². The molecule has 3 aromatic rings. The minimum Gasteiger partial charge on any atom is -0.307 e. The van der Waals surface area contributed by atoms with Crippen LogP contribution in [0, 0.1) is 11.6 Å². The number of aromatic nitrogens is 4. The lowest BCUT2D eigenvalue weighted by Crippen LogP contribution is -2.19. The molecule has 2 heterocycles. The zero-order chi connectivity index (χ0) is 17.8. The second-order valence-corrected chi connectivity index (χ2v) is 5.49. The van der Waals surface area contributed by atoms with Crippen molar-refractivity contribution >= 4 is 11.7 Å². The van der Waals surface area contributed by atoms with Gasteiger partial charge in [0.25, 0.3) is 0 Å². The van der Waals surface area contributed by atoms with E-state index in [9.17, 15) is 13.6 Å². The first-order valence-electron chi connectivity index (χ1n) is 7.58. The third-order valence-electron chi connectivity index (χ3n) is 3.77. The standard InChI is InChI=1S/C17H15F2N5O/c1-11(12-5-7-20-8-6-12)17(25)21-16-10-24(23-22-16)9-13-14(18)3-2-4-15(13)19/h2-8,10-11H,9H2,1H3,(H,21,25). The number of hydrogen-bond donors (Lipinski definition) is 1. The van der Waals surface area contributed by atoms with Crippen molar-refractivity contribution in [3.05, 3.63) is 71.7 Å². The Kier molecular flexibility index (Phi) is 4.78. The van der Waals surface area contributed by atoms with Crippen molar-refractivity contribution in [1.82, 2.24) is 20.0 Å². The van der Waals surface area contributed by atoms with Crippen molar-refractivity contribution in [3.8, 4) is 0 Å². The van der Waals surface area contributed by atoms with Crippen molar-refractivity contribution in [1.29, 1.82) is 0 Å². The molecule has 6 nitrogen and oxygen atoms in total. The minimum atomic E-state index is -0.660. The summed E-state index contributed by atoms with van der Waals surface area (Å²) in [6, 6.07) is 7.15. The van der Waals surface area contributed by atoms with Gasteiger partial charge in [0.2, 0.25) is 5.91 Å². The number of hydrogen-bond acceptors (Lipinski definition) is 4. The summed E-state index contributed by atoms with van der Waals surface area (Å²) in [6.07, 6.45) is 4.64. The lowest BCUT2D eigenvalue weighted by Gasteiger charge is -2.10. The molecule has 25 heavy (non-hydrogen) atoms. The van der Waals surface area contributed by atoms with Gasteiger partial charge in [0, 0.05) is 18.0 Å². The van der Waals surface area contributed by atoms with Crippen LogP contribution in [0.5, 0.6) is 0 Å². The van der Waals surface area contributed by atoms with E-state index in [1.807, 2.05) is 0 Å². The predicted octanol–water partition coefficient (Wildman–Crippen LogP) is 2.74. The molecule has 0 radical (unpaired) electrons. The molecule has 8 heteroatoms. The van der Waals surface area contributed by atoms with Crippen LogP contribution in [-0.2, 0) is 11.3 Å². The van der Waals surface area contributed by atoms with Crippen LogP contribution in [0.2, 0.25) is 0 Å². The molecular weight excluding hydrogens is 328 g/mol. The molecule has 0 saturated heterocycles. The fourth-order valence-corrected chi connectivity index (χ4v) is 2.32. The number of benzene rings is 1. The van der Waals surface area contributed by atoms with E-state index in [-0.39, 0.29) is 23.8 Å². The Bertz CT molecular complexity index is 862. The van der Waals surface area contributed by atoms with Crippen LogP contribution >= 0.6 is 0 Å². The minimum absolute atomic E-state index is 0.115. The molecule has 1 unspecified atom stereocenters. The maximum absolute atomic E-state index is 13.7. The Morgan fingerprint density at radius 3 is 2.56 bits per heavy atom. The van der Waals surface area contributed by atoms with Crippen molar-refractivity contribution in [2.75, 3.05) is 5.32 Å². The van der Waals surface area contributed by atoms with Crippen LogP contribution in [-0.4, -0.2) is 25.9 Å². The summed E-state index contributed by atoms with van der Waals surface area (Å²) in [5.74, 6) is -1.78. The van der Waals surface area contributed by atoms with Crippen LogP contribution in [0.4, 0.5) is 14.6 Å². The number of carbonyl (C=O) groups excluding carboxylic acids is 1. The second-order valence-electron chi connectivity index (χ2n) is 5.49. The third-order valence-corrected chi connectivity index (χ3v) is 3.77. The fourth-order valence-electron chi connectivity index (χ4n) is 2.32. The highest BCUT2D eigenvalue weighted by molar-refractivity contribution is 5.94. The second kappa shape index (κ2) is 7.16. The Morgan fingerprint density at radius 1 is 1.20 bits per heavy atom. The molecule has 1 atom stereocenters. The first-order chi connectivity index (χ1) is 12.0. The van der Waals surface area contributed by atoms with E-state index in [2.05, 4.69) is 20.6 Å². The van der Waals surface area contributed by atoms with Crippen LogP contribution < -0.4 is 5.32 Å². The molecule has 128 valence electrons. The van der Waals surface area contributed by atoms with Crippen molar-refractivity contribution in [3.63, 3.8) is 0 Å². The molecule has 0 saturated carbocycles. The van der Waals surface area contributed by atoms with E-state index in [1.54, 1.807) is 31.5 Å². The maximum Gasteiger partial charge on any atom is 0.232 e. The van der Waals surface area contributed by atoms with Gasteiger partial charge in [-0.2, -0.15) is 0 Å². The molecule has 2 aromatic heterocycles. The zero-order valence-corrected chi connectivity index (χ0v) is 13.4. The monoisotopic (exact) mass is 343 g/mol. The van der Waals surface area contributed by atoms with Crippen LogP contribution in [0.1, 0.15) is 24.0 Å². The largest absolute Gasteiger partial charge is 0.307 e. The topological polar surface area (TPSA) is 72.7 Å². The van der Waals surface area contributed by atoms with E-state index in [0.717, 1.165) is 5.56 Å². The van der Waals surface area contributed by atoms with Gasteiger partial charge in [-0.05, 0) is 36.8 Å². The van der Waals surface area contributed by atoms with Gasteiger partial charge in [0.05, 0.1) is 18.7 Å². The number of carbonyl (C=O) groups is 1. The number of nitrogens with zero attached hydrogens (tertiary/aromatic N) is 4. The summed E-state index contributed by atoms with van der Waals surface area (Å²) in [7, 11) is 0. The van der Waals surface area contributed by atoms with Gasteiger partial charge in [-0.3, -0.25) is 9.78 Å². The molecule has 3 rings (SSSR count). The van der Waals surface area contributed by atoms with E-state index < -0.39 is 17.6 Å². The van der Waals surface area contributed by atoms with Gasteiger partial charge in [-0.1, -0.05) is 11.3 Å². The lowest BCUT2D eigenvalue weighted by atomic mass is 10.0. The number of anilines is 1. The molecule has 0 aliphatic carbocycles. The summed E-state index contributed by atoms with van der Waals surface area (Å²) < 4.78 is 28.6. The van der Waals surface area contributed by atoms with Gasteiger partial charge in [-0.15, -0.1) is 5.10 Å². The number of nitrogens with one attached hydrogen (secondary N) is 1. The number of halogens is 2. The maximum atomic E-state index is 13.7. The summed E-state index contributed by atoms with van der Waals surface area (Å²) in [5.41, 5.74) is 0.698. The number of rotatable bonds is 5. The molecule has 0 spiro atoms. The summed E-state index contributed by atoms with van der Waals surface area (Å²) in [4.78, 5) is 16.2. The summed E-state index contributed by atoms with van der Waals surface area (Å²) in [6.45, 7) is 1.63. The molecule has 0 fully saturated rings. The molecule has 0 bridgehead atoms. The highest BCUT2D eigenvalue weighted by Crippen LogP contribution is 2.17. The highest BCUT2D eigenvalue weighted by atomic mass is 19.1. The fraction of sp³-hybridized carbons (Fsp3) is 0.176. The molecule has 0 aliphatic rings. The first kappa shape index (κ1) is 16.7. The first-order valence-corrected chi connectivity index (χ1v) is 7.58. The number of pyridine rings is 1. The molecule has 1 amide bonds. The van der Waals surface area contributed by atoms with Gasteiger partial charge in [-0.25, -0.2) is 13.5 Å². The molecule has 1 N–H and O–H groups in total. The van der Waals surface area contributed by atoms with E-state index in [0.29, 0.717) is 0 Å². The Hall–Kier alpha value is -3.16. The van der Waals surface area contributed by atoms with Crippen LogP contribution in [0.25, 0.3) is 0 Å². The van der Waals surface area contributed by atoms with Crippen molar-refractivity contribution in [2.24, 2.45) is 0 Å². The Morgan fingerprint density at radius 2 is 1.88 bits per heavy atom. The van der Waals surface area contributed by atoms with Crippen LogP contribution in [0.3, 0.4) is 0 Å². The van der Waals surface area contributed by atoms with Crippen molar-refractivity contribution < 1.29 is 13.6 Å². The molecule has 1 aromatic carbocycles. The van der Waals surface area contributed by atoms with Gasteiger partial charge in [0.1, 0.15) is 11.6 Å². The van der Waals surface area contributed by atoms with Gasteiger partial charge < -0.3 is 5.32 Å². The van der Waals surface area contributed by atoms with Gasteiger partial charge >= 0.3 is 0 Å². The molecule has 0 aliphatic heterocycles. The molecular formula is C17H15F2N5O. The van der Waals surface area contributed by atoms with Crippen molar-refractivity contribution in [2.45, 2.75) is 19.4 Å². The quantitative estimate of drug-likeness (QED) is 0.773. The zero-order valence-electron chi connectivity index (χ0n) is 13.4. The Labute approximate surface area is 142 Å². The third kappa shape index (κ3) is 3.85. The lowest BCUT2D eigenvalue weighted by molar-refractivity contribution is -0.117. The average Bonchev–Trinajstić information content (AvgIpc) is 3.05. The highest BCUT2D eigenvalue weighted by Gasteiger charge is 2.17. The van der Waals surface area contributed by atoms with E-state index >= 15 is 0 Å². The predicted molar refractivity (Wildman–Crippen MR) is 86.8 cm³/mol. The summed E-state index contributed by atoms with van der Waals surface area (Å²) >= 11 is 0. The smallest absolute Gasteiger partial charge is 0.232 e.